The number of carbonyl (C=O) groups is 1. The Bertz CT molecular complexity index is 1330. The molecule has 1 saturated heterocycles. The van der Waals surface area contributed by atoms with Crippen molar-refractivity contribution in [3.8, 4) is 5.75 Å². The number of anilines is 3. The minimum atomic E-state index is -0.141. The summed E-state index contributed by atoms with van der Waals surface area (Å²) in [5, 5.41) is 3.97. The first-order valence-corrected chi connectivity index (χ1v) is 12.6. The SMILES string of the molecule is CCOc1ccc(NC(=O)c2sc3nc(C)nc(N4CCN(c5ccccn5)CC4)c3c2C)cc1. The largest absolute Gasteiger partial charge is 0.494 e. The average molecular weight is 489 g/mol. The molecular formula is C26H28N6O2S. The monoisotopic (exact) mass is 488 g/mol. The van der Waals surface area contributed by atoms with Crippen molar-refractivity contribution in [2.24, 2.45) is 0 Å². The van der Waals surface area contributed by atoms with Crippen molar-refractivity contribution in [2.45, 2.75) is 20.8 Å². The maximum atomic E-state index is 13.2. The Kier molecular flexibility index (Phi) is 6.50. The van der Waals surface area contributed by atoms with Crippen molar-refractivity contribution in [2.75, 3.05) is 47.9 Å². The summed E-state index contributed by atoms with van der Waals surface area (Å²) in [6.07, 6.45) is 1.83. The molecule has 1 amide bonds. The van der Waals surface area contributed by atoms with Gasteiger partial charge in [0.25, 0.3) is 5.91 Å². The second-order valence-electron chi connectivity index (χ2n) is 8.40. The topological polar surface area (TPSA) is 83.5 Å². The third-order valence-electron chi connectivity index (χ3n) is 6.06. The molecule has 1 aromatic carbocycles. The number of aryl methyl sites for hydroxylation is 2. The lowest BCUT2D eigenvalue weighted by Gasteiger charge is -2.36. The number of pyridine rings is 1. The summed E-state index contributed by atoms with van der Waals surface area (Å²) < 4.78 is 5.49. The average Bonchev–Trinajstić information content (AvgIpc) is 3.21. The number of rotatable bonds is 6. The van der Waals surface area contributed by atoms with Crippen LogP contribution in [0.3, 0.4) is 0 Å². The van der Waals surface area contributed by atoms with Crippen LogP contribution in [0.25, 0.3) is 10.2 Å². The van der Waals surface area contributed by atoms with Gasteiger partial charge in [-0.3, -0.25) is 4.79 Å². The number of benzene rings is 1. The second-order valence-corrected chi connectivity index (χ2v) is 9.40. The van der Waals surface area contributed by atoms with E-state index in [1.807, 2.05) is 69.4 Å². The highest BCUT2D eigenvalue weighted by Gasteiger charge is 2.25. The van der Waals surface area contributed by atoms with Gasteiger partial charge in [0.15, 0.2) is 0 Å². The van der Waals surface area contributed by atoms with E-state index in [1.165, 1.54) is 11.3 Å². The number of nitrogens with zero attached hydrogens (tertiary/aromatic N) is 5. The van der Waals surface area contributed by atoms with Crippen LogP contribution in [0.2, 0.25) is 0 Å². The fourth-order valence-corrected chi connectivity index (χ4v) is 5.46. The molecule has 1 N–H and O–H groups in total. The van der Waals surface area contributed by atoms with Gasteiger partial charge in [-0.25, -0.2) is 15.0 Å². The molecule has 0 bridgehead atoms. The minimum absolute atomic E-state index is 0.141. The van der Waals surface area contributed by atoms with E-state index < -0.39 is 0 Å². The molecule has 0 atom stereocenters. The molecule has 1 aliphatic rings. The Morgan fingerprint density at radius 1 is 1.03 bits per heavy atom. The molecule has 5 rings (SSSR count). The van der Waals surface area contributed by atoms with Gasteiger partial charge in [-0.15, -0.1) is 11.3 Å². The van der Waals surface area contributed by atoms with Gasteiger partial charge in [-0.1, -0.05) is 6.07 Å². The standard InChI is InChI=1S/C26H28N6O2S/c1-4-34-20-10-8-19(9-11-20)30-25(33)23-17(2)22-24(28-18(3)29-26(22)35-23)32-15-13-31(14-16-32)21-7-5-6-12-27-21/h5-12H,4,13-16H2,1-3H3,(H,30,33). The number of carbonyl (C=O) groups excluding carboxylic acids is 1. The Hall–Kier alpha value is -3.72. The molecule has 0 unspecified atom stereocenters. The van der Waals surface area contributed by atoms with Crippen LogP contribution in [0, 0.1) is 13.8 Å². The van der Waals surface area contributed by atoms with E-state index in [9.17, 15) is 4.79 Å². The number of fused-ring (bicyclic) bond motifs is 1. The van der Waals surface area contributed by atoms with E-state index in [2.05, 4.69) is 25.1 Å². The quantitative estimate of drug-likeness (QED) is 0.422. The number of aromatic nitrogens is 3. The summed E-state index contributed by atoms with van der Waals surface area (Å²) >= 11 is 1.42. The van der Waals surface area contributed by atoms with Crippen LogP contribution in [0.15, 0.2) is 48.7 Å². The molecule has 9 heteroatoms. The Labute approximate surface area is 208 Å². The molecule has 4 heterocycles. The highest BCUT2D eigenvalue weighted by molar-refractivity contribution is 7.20. The zero-order valence-corrected chi connectivity index (χ0v) is 20.9. The normalized spacial score (nSPS) is 13.8. The van der Waals surface area contributed by atoms with Crippen molar-refractivity contribution < 1.29 is 9.53 Å². The van der Waals surface area contributed by atoms with Gasteiger partial charge in [0.05, 0.1) is 16.9 Å². The lowest BCUT2D eigenvalue weighted by molar-refractivity contribution is 0.103. The minimum Gasteiger partial charge on any atom is -0.494 e. The smallest absolute Gasteiger partial charge is 0.266 e. The molecule has 0 radical (unpaired) electrons. The van der Waals surface area contributed by atoms with E-state index in [1.54, 1.807) is 0 Å². The predicted molar refractivity (Wildman–Crippen MR) is 141 cm³/mol. The van der Waals surface area contributed by atoms with Crippen LogP contribution in [0.5, 0.6) is 5.75 Å². The number of ether oxygens (including phenoxy) is 1. The first kappa shape index (κ1) is 23.0. The molecule has 1 aliphatic heterocycles. The maximum absolute atomic E-state index is 13.2. The number of piperazine rings is 1. The van der Waals surface area contributed by atoms with E-state index >= 15 is 0 Å². The lowest BCUT2D eigenvalue weighted by atomic mass is 10.1. The van der Waals surface area contributed by atoms with Gasteiger partial charge in [0.1, 0.15) is 28.0 Å². The molecular weight excluding hydrogens is 460 g/mol. The van der Waals surface area contributed by atoms with Crippen molar-refractivity contribution in [1.29, 1.82) is 0 Å². The Balaban J connectivity index is 1.38. The second kappa shape index (κ2) is 9.87. The van der Waals surface area contributed by atoms with Crippen LogP contribution in [-0.4, -0.2) is 53.6 Å². The summed E-state index contributed by atoms with van der Waals surface area (Å²) in [6, 6.07) is 13.4. The zero-order valence-electron chi connectivity index (χ0n) is 20.1. The van der Waals surface area contributed by atoms with E-state index in [4.69, 9.17) is 9.72 Å². The fraction of sp³-hybridized carbons (Fsp3) is 0.308. The molecule has 4 aromatic rings. The molecule has 0 spiro atoms. The first-order valence-electron chi connectivity index (χ1n) is 11.8. The first-order chi connectivity index (χ1) is 17.0. The van der Waals surface area contributed by atoms with Crippen molar-refractivity contribution >= 4 is 44.8 Å². The summed E-state index contributed by atoms with van der Waals surface area (Å²) in [5.74, 6) is 3.25. The van der Waals surface area contributed by atoms with Crippen molar-refractivity contribution in [3.63, 3.8) is 0 Å². The fourth-order valence-electron chi connectivity index (χ4n) is 4.34. The van der Waals surface area contributed by atoms with Crippen LogP contribution >= 0.6 is 11.3 Å². The van der Waals surface area contributed by atoms with Crippen LogP contribution in [0.1, 0.15) is 28.0 Å². The third-order valence-corrected chi connectivity index (χ3v) is 7.25. The van der Waals surface area contributed by atoms with Gasteiger partial charge in [-0.05, 0) is 62.7 Å². The molecule has 8 nitrogen and oxygen atoms in total. The van der Waals surface area contributed by atoms with Crippen LogP contribution in [0.4, 0.5) is 17.3 Å². The summed E-state index contributed by atoms with van der Waals surface area (Å²) in [5.41, 5.74) is 1.64. The highest BCUT2D eigenvalue weighted by atomic mass is 32.1. The lowest BCUT2D eigenvalue weighted by Crippen LogP contribution is -2.47. The van der Waals surface area contributed by atoms with Gasteiger partial charge >= 0.3 is 0 Å². The third kappa shape index (κ3) is 4.77. The Morgan fingerprint density at radius 2 is 1.77 bits per heavy atom. The molecule has 0 aliphatic carbocycles. The number of nitrogens with one attached hydrogen (secondary N) is 1. The van der Waals surface area contributed by atoms with E-state index in [0.29, 0.717) is 17.3 Å². The van der Waals surface area contributed by atoms with Crippen molar-refractivity contribution in [3.05, 3.63) is 64.9 Å². The number of hydrogen-bond donors (Lipinski definition) is 1. The zero-order chi connectivity index (χ0) is 24.4. The Morgan fingerprint density at radius 3 is 2.46 bits per heavy atom. The summed E-state index contributed by atoms with van der Waals surface area (Å²) in [7, 11) is 0. The molecule has 35 heavy (non-hydrogen) atoms. The van der Waals surface area contributed by atoms with E-state index in [-0.39, 0.29) is 5.91 Å². The van der Waals surface area contributed by atoms with Crippen LogP contribution in [-0.2, 0) is 0 Å². The predicted octanol–water partition coefficient (Wildman–Crippen LogP) is 4.68. The summed E-state index contributed by atoms with van der Waals surface area (Å²) in [4.78, 5) is 33.2. The number of hydrogen-bond acceptors (Lipinski definition) is 8. The van der Waals surface area contributed by atoms with Gasteiger partial charge in [-0.2, -0.15) is 0 Å². The van der Waals surface area contributed by atoms with Crippen LogP contribution < -0.4 is 19.9 Å². The molecule has 180 valence electrons. The number of thiophene rings is 1. The molecule has 0 saturated carbocycles. The molecule has 1 fully saturated rings. The number of amides is 1. The maximum Gasteiger partial charge on any atom is 0.266 e. The molecule has 3 aromatic heterocycles. The van der Waals surface area contributed by atoms with Gasteiger partial charge in [0.2, 0.25) is 0 Å². The van der Waals surface area contributed by atoms with Gasteiger partial charge in [0, 0.05) is 38.1 Å². The highest BCUT2D eigenvalue weighted by Crippen LogP contribution is 2.36. The van der Waals surface area contributed by atoms with Gasteiger partial charge < -0.3 is 19.9 Å². The summed E-state index contributed by atoms with van der Waals surface area (Å²) in [6.45, 7) is 9.80. The van der Waals surface area contributed by atoms with E-state index in [0.717, 1.165) is 65.0 Å². The van der Waals surface area contributed by atoms with Crippen molar-refractivity contribution in [1.82, 2.24) is 15.0 Å².